The molecule has 18 heavy (non-hydrogen) atoms. The second kappa shape index (κ2) is 5.20. The van der Waals surface area contributed by atoms with E-state index in [0.717, 1.165) is 29.7 Å². The number of nitrogens with one attached hydrogen (secondary N) is 1. The number of aromatic nitrogens is 2. The monoisotopic (exact) mass is 263 g/mol. The van der Waals surface area contributed by atoms with E-state index in [2.05, 4.69) is 22.4 Å². The molecule has 2 heterocycles. The summed E-state index contributed by atoms with van der Waals surface area (Å²) in [6.45, 7) is 3.13. The third-order valence-corrected chi connectivity index (χ3v) is 4.13. The van der Waals surface area contributed by atoms with Crippen LogP contribution in [0.4, 0.5) is 0 Å². The maximum absolute atomic E-state index is 5.35. The summed E-state index contributed by atoms with van der Waals surface area (Å²) in [6.07, 6.45) is 3.49. The molecule has 0 saturated heterocycles. The van der Waals surface area contributed by atoms with Gasteiger partial charge in [0, 0.05) is 12.5 Å². The predicted octanol–water partition coefficient (Wildman–Crippen LogP) is 2.73. The summed E-state index contributed by atoms with van der Waals surface area (Å²) in [5.41, 5.74) is 0. The minimum absolute atomic E-state index is 0.492. The van der Waals surface area contributed by atoms with Crippen molar-refractivity contribution in [3.05, 3.63) is 23.4 Å². The first-order valence-electron chi connectivity index (χ1n) is 6.46. The van der Waals surface area contributed by atoms with E-state index in [4.69, 9.17) is 4.52 Å². The van der Waals surface area contributed by atoms with Crippen molar-refractivity contribution in [2.24, 2.45) is 5.92 Å². The van der Waals surface area contributed by atoms with E-state index in [9.17, 15) is 0 Å². The Hall–Kier alpha value is -1.20. The summed E-state index contributed by atoms with van der Waals surface area (Å²) >= 11 is 1.64. The Morgan fingerprint density at radius 2 is 2.44 bits per heavy atom. The van der Waals surface area contributed by atoms with E-state index in [-0.39, 0.29) is 0 Å². The molecular formula is C13H17N3OS. The highest BCUT2D eigenvalue weighted by Crippen LogP contribution is 2.34. The van der Waals surface area contributed by atoms with Crippen molar-refractivity contribution in [3.8, 4) is 10.7 Å². The number of thiophene rings is 1. The number of rotatable bonds is 6. The zero-order valence-electron chi connectivity index (χ0n) is 10.4. The molecule has 3 rings (SSSR count). The molecule has 1 saturated carbocycles. The lowest BCUT2D eigenvalue weighted by atomic mass is 10.1. The molecule has 0 radical (unpaired) electrons. The lowest BCUT2D eigenvalue weighted by Gasteiger charge is -2.14. The normalized spacial score (nSPS) is 16.9. The Kier molecular flexibility index (Phi) is 3.43. The molecule has 1 aliphatic rings. The van der Waals surface area contributed by atoms with Crippen molar-refractivity contribution in [2.75, 3.05) is 6.54 Å². The van der Waals surface area contributed by atoms with Gasteiger partial charge in [-0.3, -0.25) is 0 Å². The zero-order valence-corrected chi connectivity index (χ0v) is 11.2. The summed E-state index contributed by atoms with van der Waals surface area (Å²) in [5, 5.41) is 9.58. The highest BCUT2D eigenvalue weighted by molar-refractivity contribution is 7.13. The molecule has 1 atom stereocenters. The lowest BCUT2D eigenvalue weighted by Crippen LogP contribution is -2.33. The average Bonchev–Trinajstić information content (AvgIpc) is 2.90. The maximum atomic E-state index is 5.35. The Bertz CT molecular complexity index is 490. The average molecular weight is 263 g/mol. The molecule has 0 aliphatic heterocycles. The SMILES string of the molecule is CCNC(Cc1nc(-c2cccs2)no1)C1CC1. The van der Waals surface area contributed by atoms with Crippen molar-refractivity contribution in [3.63, 3.8) is 0 Å². The van der Waals surface area contributed by atoms with Crippen LogP contribution >= 0.6 is 11.3 Å². The molecule has 1 unspecified atom stereocenters. The highest BCUT2D eigenvalue weighted by atomic mass is 32.1. The van der Waals surface area contributed by atoms with Crippen LogP contribution in [0.3, 0.4) is 0 Å². The van der Waals surface area contributed by atoms with Crippen molar-refractivity contribution in [2.45, 2.75) is 32.2 Å². The molecule has 0 bridgehead atoms. The van der Waals surface area contributed by atoms with Crippen molar-refractivity contribution in [1.82, 2.24) is 15.5 Å². The Labute approximate surface area is 110 Å². The molecule has 96 valence electrons. The van der Waals surface area contributed by atoms with Gasteiger partial charge < -0.3 is 9.84 Å². The van der Waals surface area contributed by atoms with E-state index in [0.29, 0.717) is 11.9 Å². The molecule has 2 aromatic rings. The summed E-state index contributed by atoms with van der Waals surface area (Å²) < 4.78 is 5.35. The zero-order chi connectivity index (χ0) is 12.4. The second-order valence-electron chi connectivity index (χ2n) is 4.69. The smallest absolute Gasteiger partial charge is 0.228 e. The maximum Gasteiger partial charge on any atom is 0.228 e. The molecule has 2 aromatic heterocycles. The van der Waals surface area contributed by atoms with Crippen LogP contribution in [-0.4, -0.2) is 22.7 Å². The van der Waals surface area contributed by atoms with Crippen LogP contribution in [0.5, 0.6) is 0 Å². The first-order chi connectivity index (χ1) is 8.86. The molecule has 5 heteroatoms. The molecular weight excluding hydrogens is 246 g/mol. The fourth-order valence-corrected chi connectivity index (χ4v) is 2.85. The number of likely N-dealkylation sites (N-methyl/N-ethyl adjacent to an activating group) is 1. The topological polar surface area (TPSA) is 51.0 Å². The minimum Gasteiger partial charge on any atom is -0.339 e. The van der Waals surface area contributed by atoms with Gasteiger partial charge in [0.1, 0.15) is 0 Å². The molecule has 1 fully saturated rings. The fourth-order valence-electron chi connectivity index (χ4n) is 2.20. The van der Waals surface area contributed by atoms with Crippen LogP contribution in [-0.2, 0) is 6.42 Å². The Morgan fingerprint density at radius 3 is 3.11 bits per heavy atom. The molecule has 1 aliphatic carbocycles. The van der Waals surface area contributed by atoms with E-state index >= 15 is 0 Å². The van der Waals surface area contributed by atoms with E-state index in [1.807, 2.05) is 17.5 Å². The van der Waals surface area contributed by atoms with Crippen molar-refractivity contribution >= 4 is 11.3 Å². The second-order valence-corrected chi connectivity index (χ2v) is 5.64. The third-order valence-electron chi connectivity index (χ3n) is 3.26. The largest absolute Gasteiger partial charge is 0.339 e. The molecule has 0 spiro atoms. The first kappa shape index (κ1) is 11.9. The van der Waals surface area contributed by atoms with Gasteiger partial charge in [-0.2, -0.15) is 4.98 Å². The van der Waals surface area contributed by atoms with Crippen LogP contribution in [0, 0.1) is 5.92 Å². The minimum atomic E-state index is 0.492. The predicted molar refractivity (Wildman–Crippen MR) is 71.5 cm³/mol. The number of hydrogen-bond donors (Lipinski definition) is 1. The lowest BCUT2D eigenvalue weighted by molar-refractivity contribution is 0.348. The van der Waals surface area contributed by atoms with Gasteiger partial charge in [0.2, 0.25) is 11.7 Å². The van der Waals surface area contributed by atoms with Crippen molar-refractivity contribution in [1.29, 1.82) is 0 Å². The van der Waals surface area contributed by atoms with Crippen LogP contribution in [0.25, 0.3) is 10.7 Å². The van der Waals surface area contributed by atoms with Gasteiger partial charge in [-0.05, 0) is 36.8 Å². The van der Waals surface area contributed by atoms with E-state index in [1.54, 1.807) is 11.3 Å². The Morgan fingerprint density at radius 1 is 1.56 bits per heavy atom. The van der Waals surface area contributed by atoms with Gasteiger partial charge in [-0.25, -0.2) is 0 Å². The summed E-state index contributed by atoms with van der Waals surface area (Å²) in [7, 11) is 0. The van der Waals surface area contributed by atoms with Crippen LogP contribution < -0.4 is 5.32 Å². The quantitative estimate of drug-likeness (QED) is 0.870. The molecule has 0 amide bonds. The molecule has 0 aromatic carbocycles. The number of hydrogen-bond acceptors (Lipinski definition) is 5. The van der Waals surface area contributed by atoms with Gasteiger partial charge >= 0.3 is 0 Å². The van der Waals surface area contributed by atoms with E-state index in [1.165, 1.54) is 12.8 Å². The van der Waals surface area contributed by atoms with Gasteiger partial charge in [0.15, 0.2) is 0 Å². The van der Waals surface area contributed by atoms with Gasteiger partial charge in [-0.15, -0.1) is 11.3 Å². The fraction of sp³-hybridized carbons (Fsp3) is 0.538. The van der Waals surface area contributed by atoms with Crippen LogP contribution in [0.2, 0.25) is 0 Å². The van der Waals surface area contributed by atoms with Crippen LogP contribution in [0.1, 0.15) is 25.7 Å². The third kappa shape index (κ3) is 2.62. The summed E-state index contributed by atoms with van der Waals surface area (Å²) in [5.74, 6) is 2.25. The van der Waals surface area contributed by atoms with Gasteiger partial charge in [0.25, 0.3) is 0 Å². The summed E-state index contributed by atoms with van der Waals surface area (Å²) in [6, 6.07) is 4.51. The first-order valence-corrected chi connectivity index (χ1v) is 7.34. The number of nitrogens with zero attached hydrogens (tertiary/aromatic N) is 2. The van der Waals surface area contributed by atoms with Gasteiger partial charge in [-0.1, -0.05) is 18.1 Å². The molecule has 1 N–H and O–H groups in total. The highest BCUT2D eigenvalue weighted by Gasteiger charge is 2.31. The van der Waals surface area contributed by atoms with Crippen LogP contribution in [0.15, 0.2) is 22.0 Å². The van der Waals surface area contributed by atoms with E-state index < -0.39 is 0 Å². The molecule has 4 nitrogen and oxygen atoms in total. The standard InChI is InChI=1S/C13H17N3OS/c1-2-14-10(9-5-6-9)8-12-15-13(16-17-12)11-4-3-7-18-11/h3-4,7,9-10,14H,2,5-6,8H2,1H3. The van der Waals surface area contributed by atoms with Crippen molar-refractivity contribution < 1.29 is 4.52 Å². The Balaban J connectivity index is 1.69. The summed E-state index contributed by atoms with van der Waals surface area (Å²) in [4.78, 5) is 5.54. The van der Waals surface area contributed by atoms with Gasteiger partial charge in [0.05, 0.1) is 4.88 Å².